The maximum Gasteiger partial charge on any atom is 0.423 e. The summed E-state index contributed by atoms with van der Waals surface area (Å²) in [7, 11) is 0. The molecule has 0 bridgehead atoms. The maximum absolute atomic E-state index is 13.0. The van der Waals surface area contributed by atoms with Gasteiger partial charge in [0.15, 0.2) is 0 Å². The summed E-state index contributed by atoms with van der Waals surface area (Å²) in [5.41, 5.74) is -3.97. The molecule has 1 fully saturated rings. The molecule has 7 nitrogen and oxygen atoms in total. The lowest BCUT2D eigenvalue weighted by molar-refractivity contribution is -0.139. The van der Waals surface area contributed by atoms with E-state index >= 15 is 0 Å². The van der Waals surface area contributed by atoms with Gasteiger partial charge >= 0.3 is 11.9 Å². The minimum absolute atomic E-state index is 0.0165. The Morgan fingerprint density at radius 3 is 2.83 bits per heavy atom. The molecular weight excluding hydrogens is 425 g/mol. The number of H-pyrrole nitrogens is 1. The Bertz CT molecular complexity index is 833. The first-order valence-corrected chi connectivity index (χ1v) is 10.7. The summed E-state index contributed by atoms with van der Waals surface area (Å²) in [6.45, 7) is 2.24. The molecule has 0 saturated carbocycles. The van der Waals surface area contributed by atoms with Crippen molar-refractivity contribution in [3.05, 3.63) is 32.6 Å². The zero-order valence-electron chi connectivity index (χ0n) is 16.6. The number of nitrogens with zero attached hydrogens (tertiary/aromatic N) is 1. The molecule has 1 aliphatic rings. The third kappa shape index (κ3) is 6.91. The van der Waals surface area contributed by atoms with Crippen molar-refractivity contribution in [3.63, 3.8) is 0 Å². The van der Waals surface area contributed by atoms with Gasteiger partial charge in [-0.25, -0.2) is 4.79 Å². The van der Waals surface area contributed by atoms with E-state index in [9.17, 15) is 22.8 Å². The van der Waals surface area contributed by atoms with Gasteiger partial charge in [0, 0.05) is 12.6 Å². The molecule has 0 amide bonds. The first-order valence-electron chi connectivity index (χ1n) is 9.56. The topological polar surface area (TPSA) is 82.6 Å². The summed E-state index contributed by atoms with van der Waals surface area (Å²) >= 11 is 1.63. The molecule has 2 rings (SSSR count). The summed E-state index contributed by atoms with van der Waals surface area (Å²) in [5, 5.41) is 0. The number of nitrogens with one attached hydrogen (secondary N) is 1. The molecule has 0 unspecified atom stereocenters. The summed E-state index contributed by atoms with van der Waals surface area (Å²) in [4.78, 5) is 25.2. The molecule has 1 N–H and O–H groups in total. The van der Waals surface area contributed by atoms with E-state index in [4.69, 9.17) is 20.6 Å². The monoisotopic (exact) mass is 450 g/mol. The van der Waals surface area contributed by atoms with Crippen LogP contribution in [-0.4, -0.2) is 46.7 Å². The van der Waals surface area contributed by atoms with Crippen LogP contribution in [0.2, 0.25) is 0 Å². The van der Waals surface area contributed by atoms with Gasteiger partial charge < -0.3 is 14.2 Å². The number of halogens is 3. The highest BCUT2D eigenvalue weighted by Crippen LogP contribution is 2.32. The molecule has 1 aliphatic heterocycles. The van der Waals surface area contributed by atoms with E-state index in [1.165, 1.54) is 0 Å². The standard InChI is InChI=1S/C19H25F3N2O5S/c1-3-5-6-8-30-12-27-11-15-14(28-7-4-2)9-16(29-15)24-10-13(19(20,21)22)17(25)23-18(24)26/h2,10,14-16H,3,5-9,11-12H2,1H3,(H,23,25,26)/t14-,15+,16+/m0/s1. The fourth-order valence-electron chi connectivity index (χ4n) is 2.99. The molecule has 30 heavy (non-hydrogen) atoms. The summed E-state index contributed by atoms with van der Waals surface area (Å²) in [5.74, 6) is 3.73. The van der Waals surface area contributed by atoms with Gasteiger partial charge in [-0.05, 0) is 12.2 Å². The summed E-state index contributed by atoms with van der Waals surface area (Å²) in [6.07, 6.45) is 2.01. The zero-order chi connectivity index (χ0) is 22.1. The SMILES string of the molecule is C#CCO[C@H]1C[C@H](n2cc(C(F)(F)F)c(=O)[nH]c2=O)O[C@@H]1COCSCCCCC. The van der Waals surface area contributed by atoms with E-state index in [1.807, 2.05) is 0 Å². The van der Waals surface area contributed by atoms with Gasteiger partial charge in [-0.1, -0.05) is 25.7 Å². The van der Waals surface area contributed by atoms with E-state index in [2.05, 4.69) is 12.8 Å². The predicted molar refractivity (Wildman–Crippen MR) is 106 cm³/mol. The molecule has 168 valence electrons. The van der Waals surface area contributed by atoms with Crippen molar-refractivity contribution in [2.75, 3.05) is 24.9 Å². The lowest BCUT2D eigenvalue weighted by atomic mass is 10.2. The van der Waals surface area contributed by atoms with Gasteiger partial charge in [-0.2, -0.15) is 13.2 Å². The number of hydrogen-bond donors (Lipinski definition) is 1. The normalized spacial score (nSPS) is 21.6. The van der Waals surface area contributed by atoms with Crippen molar-refractivity contribution in [2.24, 2.45) is 0 Å². The van der Waals surface area contributed by atoms with Crippen LogP contribution >= 0.6 is 11.8 Å². The molecule has 1 aromatic rings. The Kier molecular flexibility index (Phi) is 9.48. The van der Waals surface area contributed by atoms with Gasteiger partial charge in [0.25, 0.3) is 5.56 Å². The molecule has 0 spiro atoms. The lowest BCUT2D eigenvalue weighted by Crippen LogP contribution is -2.36. The van der Waals surface area contributed by atoms with E-state index in [0.717, 1.165) is 29.6 Å². The van der Waals surface area contributed by atoms with Gasteiger partial charge in [-0.3, -0.25) is 14.3 Å². The van der Waals surface area contributed by atoms with E-state index in [-0.39, 0.29) is 19.6 Å². The fourth-order valence-corrected chi connectivity index (χ4v) is 3.73. The first-order chi connectivity index (χ1) is 14.3. The van der Waals surface area contributed by atoms with Crippen LogP contribution in [0, 0.1) is 12.3 Å². The number of aromatic nitrogens is 2. The molecule has 11 heteroatoms. The molecule has 3 atom stereocenters. The summed E-state index contributed by atoms with van der Waals surface area (Å²) < 4.78 is 56.7. The highest BCUT2D eigenvalue weighted by Gasteiger charge is 2.40. The Balaban J connectivity index is 2.05. The van der Waals surface area contributed by atoms with Crippen molar-refractivity contribution in [3.8, 4) is 12.3 Å². The van der Waals surface area contributed by atoms with Crippen LogP contribution < -0.4 is 11.2 Å². The molecule has 0 aliphatic carbocycles. The van der Waals surface area contributed by atoms with Gasteiger partial charge in [-0.15, -0.1) is 18.2 Å². The van der Waals surface area contributed by atoms with Crippen LogP contribution in [0.5, 0.6) is 0 Å². The largest absolute Gasteiger partial charge is 0.423 e. The number of rotatable bonds is 11. The Hall–Kier alpha value is -1.74. The average molecular weight is 450 g/mol. The predicted octanol–water partition coefficient (Wildman–Crippen LogP) is 2.76. The molecule has 1 saturated heterocycles. The molecular formula is C19H25F3N2O5S. The minimum atomic E-state index is -4.90. The van der Waals surface area contributed by atoms with Crippen molar-refractivity contribution < 1.29 is 27.4 Å². The number of aromatic amines is 1. The fraction of sp³-hybridized carbons (Fsp3) is 0.684. The van der Waals surface area contributed by atoms with Gasteiger partial charge in [0.05, 0.1) is 18.6 Å². The molecule has 0 radical (unpaired) electrons. The third-order valence-corrected chi connectivity index (χ3v) is 5.40. The number of terminal acetylenes is 1. The van der Waals surface area contributed by atoms with Crippen LogP contribution in [0.3, 0.4) is 0 Å². The van der Waals surface area contributed by atoms with Crippen LogP contribution in [0.15, 0.2) is 15.8 Å². The Labute approximate surface area is 176 Å². The van der Waals surface area contributed by atoms with Crippen molar-refractivity contribution in [1.82, 2.24) is 9.55 Å². The smallest absolute Gasteiger partial charge is 0.368 e. The number of alkyl halides is 3. The second kappa shape index (κ2) is 11.6. The number of unbranched alkanes of at least 4 members (excludes halogenated alkanes) is 2. The Morgan fingerprint density at radius 1 is 1.40 bits per heavy atom. The van der Waals surface area contributed by atoms with Crippen molar-refractivity contribution in [2.45, 2.75) is 57.2 Å². The Morgan fingerprint density at radius 2 is 2.17 bits per heavy atom. The van der Waals surface area contributed by atoms with Crippen molar-refractivity contribution in [1.29, 1.82) is 0 Å². The van der Waals surface area contributed by atoms with E-state index in [0.29, 0.717) is 12.1 Å². The molecule has 2 heterocycles. The average Bonchev–Trinajstić information content (AvgIpc) is 3.07. The number of hydrogen-bond acceptors (Lipinski definition) is 6. The van der Waals surface area contributed by atoms with Crippen LogP contribution in [0.4, 0.5) is 13.2 Å². The highest BCUT2D eigenvalue weighted by molar-refractivity contribution is 7.99. The van der Waals surface area contributed by atoms with Gasteiger partial charge in [0.1, 0.15) is 24.5 Å². The van der Waals surface area contributed by atoms with E-state index in [1.54, 1.807) is 16.7 Å². The number of thioether (sulfide) groups is 1. The van der Waals surface area contributed by atoms with Gasteiger partial charge in [0.2, 0.25) is 0 Å². The lowest BCUT2D eigenvalue weighted by Gasteiger charge is -2.18. The second-order valence-corrected chi connectivity index (χ2v) is 7.78. The zero-order valence-corrected chi connectivity index (χ0v) is 17.4. The highest BCUT2D eigenvalue weighted by atomic mass is 32.2. The molecule has 0 aromatic carbocycles. The number of ether oxygens (including phenoxy) is 3. The van der Waals surface area contributed by atoms with Crippen LogP contribution in [0.1, 0.15) is 44.4 Å². The van der Waals surface area contributed by atoms with Crippen molar-refractivity contribution >= 4 is 11.8 Å². The molecule has 1 aromatic heterocycles. The second-order valence-electron chi connectivity index (χ2n) is 6.73. The third-order valence-electron chi connectivity index (χ3n) is 4.49. The maximum atomic E-state index is 13.0. The minimum Gasteiger partial charge on any atom is -0.368 e. The summed E-state index contributed by atoms with van der Waals surface area (Å²) in [6, 6.07) is 0. The van der Waals surface area contributed by atoms with Crippen LogP contribution in [0.25, 0.3) is 0 Å². The van der Waals surface area contributed by atoms with Crippen LogP contribution in [-0.2, 0) is 20.4 Å². The quantitative estimate of drug-likeness (QED) is 0.317. The first kappa shape index (κ1) is 24.5. The van der Waals surface area contributed by atoms with E-state index < -0.39 is 41.4 Å².